The highest BCUT2D eigenvalue weighted by Gasteiger charge is 2.60. The maximum absolute atomic E-state index is 12.2. The first-order chi connectivity index (χ1) is 12.5. The van der Waals surface area contributed by atoms with Gasteiger partial charge in [0.1, 0.15) is 0 Å². The van der Waals surface area contributed by atoms with E-state index >= 15 is 0 Å². The molecule has 2 unspecified atom stereocenters. The number of carbonyl (C=O) groups excluding carboxylic acids is 1. The van der Waals surface area contributed by atoms with E-state index in [0.717, 1.165) is 37.0 Å². The Labute approximate surface area is 158 Å². The van der Waals surface area contributed by atoms with Gasteiger partial charge in [0.2, 0.25) is 5.91 Å². The van der Waals surface area contributed by atoms with E-state index in [-0.39, 0.29) is 5.91 Å². The van der Waals surface area contributed by atoms with Crippen molar-refractivity contribution in [3.63, 3.8) is 0 Å². The smallest absolute Gasteiger partial charge is 0.220 e. The number of hydrogen-bond donors (Lipinski definition) is 1. The quantitative estimate of drug-likeness (QED) is 0.731. The van der Waals surface area contributed by atoms with Crippen LogP contribution in [0, 0.1) is 28.6 Å². The largest absolute Gasteiger partial charge is 0.353 e. The van der Waals surface area contributed by atoms with Gasteiger partial charge in [0.25, 0.3) is 0 Å². The fourth-order valence-electron chi connectivity index (χ4n) is 7.75. The second kappa shape index (κ2) is 5.84. The Kier molecular flexibility index (Phi) is 3.78. The van der Waals surface area contributed by atoms with Crippen LogP contribution < -0.4 is 5.32 Å². The van der Waals surface area contributed by atoms with E-state index in [9.17, 15) is 4.79 Å². The third kappa shape index (κ3) is 2.33. The van der Waals surface area contributed by atoms with E-state index in [2.05, 4.69) is 49.5 Å². The van der Waals surface area contributed by atoms with Gasteiger partial charge >= 0.3 is 0 Å². The van der Waals surface area contributed by atoms with Crippen molar-refractivity contribution < 1.29 is 4.79 Å². The zero-order valence-electron chi connectivity index (χ0n) is 16.3. The summed E-state index contributed by atoms with van der Waals surface area (Å²) in [5, 5.41) is 3.42. The summed E-state index contributed by atoms with van der Waals surface area (Å²) in [6.07, 6.45) is 10.0. The molecule has 1 amide bonds. The number of nitrogens with one attached hydrogen (secondary N) is 1. The van der Waals surface area contributed by atoms with Gasteiger partial charge in [-0.15, -0.1) is 0 Å². The highest BCUT2D eigenvalue weighted by atomic mass is 16.1. The fraction of sp³-hybridized carbons (Fsp3) is 0.708. The van der Waals surface area contributed by atoms with Crippen LogP contribution in [0.3, 0.4) is 0 Å². The molecule has 5 rings (SSSR count). The molecular formula is C24H33NO. The van der Waals surface area contributed by atoms with Crippen LogP contribution in [0.25, 0.3) is 0 Å². The van der Waals surface area contributed by atoms with E-state index in [1.54, 1.807) is 0 Å². The average molecular weight is 352 g/mol. The normalized spacial score (nSPS) is 47.5. The van der Waals surface area contributed by atoms with E-state index in [4.69, 9.17) is 0 Å². The third-order valence-electron chi connectivity index (χ3n) is 9.16. The van der Waals surface area contributed by atoms with Crippen LogP contribution in [0.2, 0.25) is 0 Å². The monoisotopic (exact) mass is 351 g/mol. The minimum atomic E-state index is 0.277. The molecule has 4 fully saturated rings. The molecule has 3 aliphatic carbocycles. The van der Waals surface area contributed by atoms with Gasteiger partial charge in [-0.3, -0.25) is 4.79 Å². The maximum Gasteiger partial charge on any atom is 0.220 e. The molecule has 4 aliphatic rings. The molecule has 1 N–H and O–H groups in total. The number of amides is 1. The van der Waals surface area contributed by atoms with Crippen LogP contribution in [0.1, 0.15) is 76.7 Å². The Hall–Kier alpha value is -1.31. The lowest BCUT2D eigenvalue weighted by molar-refractivity contribution is -0.137. The predicted molar refractivity (Wildman–Crippen MR) is 105 cm³/mol. The van der Waals surface area contributed by atoms with Gasteiger partial charge in [-0.25, -0.2) is 0 Å². The first kappa shape index (κ1) is 16.8. The van der Waals surface area contributed by atoms with Gasteiger partial charge in [0.15, 0.2) is 0 Å². The first-order valence-corrected chi connectivity index (χ1v) is 10.9. The molecule has 1 saturated heterocycles. The SMILES string of the molecule is C[C@@]12CCC[C@H]1[C@@H]1C(c3ccccc3)CC3NC(=O)CC[C@]3(C)[C@@H]1CC2. The van der Waals surface area contributed by atoms with Crippen LogP contribution in [0.5, 0.6) is 0 Å². The lowest BCUT2D eigenvalue weighted by atomic mass is 9.44. The molecule has 0 spiro atoms. The van der Waals surface area contributed by atoms with Crippen molar-refractivity contribution in [2.24, 2.45) is 28.6 Å². The number of fused-ring (bicyclic) bond motifs is 5. The summed E-state index contributed by atoms with van der Waals surface area (Å²) in [4.78, 5) is 12.2. The first-order valence-electron chi connectivity index (χ1n) is 10.9. The van der Waals surface area contributed by atoms with E-state index in [1.165, 1.54) is 37.7 Å². The molecule has 1 aromatic rings. The van der Waals surface area contributed by atoms with Crippen molar-refractivity contribution in [2.45, 2.75) is 77.2 Å². The standard InChI is InChI=1S/C24H33NO/c1-23-12-6-9-18(23)22-17(16-7-4-3-5-8-16)15-20-24(2,19(22)10-13-23)14-11-21(26)25-20/h3-5,7-8,17-20,22H,6,9-15H2,1-2H3,(H,25,26)/t17?,18-,19+,20?,22-,23-,24+/m0/s1. The minimum Gasteiger partial charge on any atom is -0.353 e. The molecule has 1 aliphatic heterocycles. The molecule has 0 bridgehead atoms. The zero-order chi connectivity index (χ0) is 17.9. The second-order valence-electron chi connectivity index (χ2n) is 10.3. The summed E-state index contributed by atoms with van der Waals surface area (Å²) in [7, 11) is 0. The van der Waals surface area contributed by atoms with Crippen LogP contribution in [0.4, 0.5) is 0 Å². The van der Waals surface area contributed by atoms with E-state index in [0.29, 0.717) is 22.8 Å². The predicted octanol–water partition coefficient (Wildman–Crippen LogP) is 5.29. The Morgan fingerprint density at radius 3 is 2.62 bits per heavy atom. The number of piperidine rings is 1. The van der Waals surface area contributed by atoms with Crippen LogP contribution in [-0.4, -0.2) is 11.9 Å². The highest BCUT2D eigenvalue weighted by Crippen LogP contribution is 2.66. The molecule has 2 heteroatoms. The van der Waals surface area contributed by atoms with Gasteiger partial charge < -0.3 is 5.32 Å². The molecule has 1 heterocycles. The van der Waals surface area contributed by atoms with Crippen molar-refractivity contribution in [1.82, 2.24) is 5.32 Å². The molecule has 7 atom stereocenters. The van der Waals surface area contributed by atoms with Crippen molar-refractivity contribution in [2.75, 3.05) is 0 Å². The molecule has 140 valence electrons. The molecule has 2 nitrogen and oxygen atoms in total. The second-order valence-corrected chi connectivity index (χ2v) is 10.3. The summed E-state index contributed by atoms with van der Waals surface area (Å²) in [5.41, 5.74) is 2.38. The minimum absolute atomic E-state index is 0.277. The molecular weight excluding hydrogens is 318 g/mol. The van der Waals surface area contributed by atoms with Crippen LogP contribution >= 0.6 is 0 Å². The summed E-state index contributed by atoms with van der Waals surface area (Å²) in [6.45, 7) is 5.09. The van der Waals surface area contributed by atoms with Crippen LogP contribution in [-0.2, 0) is 4.79 Å². The molecule has 1 aromatic carbocycles. The zero-order valence-corrected chi connectivity index (χ0v) is 16.3. The van der Waals surface area contributed by atoms with Gasteiger partial charge in [-0.2, -0.15) is 0 Å². The Morgan fingerprint density at radius 2 is 1.81 bits per heavy atom. The van der Waals surface area contributed by atoms with Crippen molar-refractivity contribution in [3.05, 3.63) is 35.9 Å². The Morgan fingerprint density at radius 1 is 1.00 bits per heavy atom. The molecule has 26 heavy (non-hydrogen) atoms. The fourth-order valence-corrected chi connectivity index (χ4v) is 7.75. The van der Waals surface area contributed by atoms with Gasteiger partial charge in [-0.05, 0) is 78.6 Å². The Balaban J connectivity index is 1.59. The summed E-state index contributed by atoms with van der Waals surface area (Å²) < 4.78 is 0. The van der Waals surface area contributed by atoms with Crippen molar-refractivity contribution in [1.29, 1.82) is 0 Å². The average Bonchev–Trinajstić information content (AvgIpc) is 3.04. The molecule has 3 saturated carbocycles. The number of benzene rings is 1. The van der Waals surface area contributed by atoms with E-state index in [1.807, 2.05) is 0 Å². The van der Waals surface area contributed by atoms with Crippen molar-refractivity contribution >= 4 is 5.91 Å². The van der Waals surface area contributed by atoms with Gasteiger partial charge in [-0.1, -0.05) is 50.6 Å². The lowest BCUT2D eigenvalue weighted by Crippen LogP contribution is -2.62. The topological polar surface area (TPSA) is 29.1 Å². The lowest BCUT2D eigenvalue weighted by Gasteiger charge is -2.62. The van der Waals surface area contributed by atoms with Crippen molar-refractivity contribution in [3.8, 4) is 0 Å². The number of hydrogen-bond acceptors (Lipinski definition) is 1. The summed E-state index contributed by atoms with van der Waals surface area (Å²) in [6, 6.07) is 11.6. The van der Waals surface area contributed by atoms with Gasteiger partial charge in [0.05, 0.1) is 0 Å². The summed E-state index contributed by atoms with van der Waals surface area (Å²) in [5.74, 6) is 3.33. The number of carbonyl (C=O) groups is 1. The number of rotatable bonds is 1. The molecule has 0 aromatic heterocycles. The van der Waals surface area contributed by atoms with Gasteiger partial charge in [0, 0.05) is 12.5 Å². The third-order valence-corrected chi connectivity index (χ3v) is 9.16. The molecule has 0 radical (unpaired) electrons. The summed E-state index contributed by atoms with van der Waals surface area (Å²) >= 11 is 0. The van der Waals surface area contributed by atoms with Crippen LogP contribution in [0.15, 0.2) is 30.3 Å². The maximum atomic E-state index is 12.2. The Bertz CT molecular complexity index is 699. The highest BCUT2D eigenvalue weighted by molar-refractivity contribution is 5.77. The van der Waals surface area contributed by atoms with E-state index < -0.39 is 0 Å².